The number of nitrogens with zero attached hydrogens (tertiary/aromatic N) is 1. The van der Waals surface area contributed by atoms with Gasteiger partial charge in [-0.15, -0.1) is 11.3 Å². The van der Waals surface area contributed by atoms with Crippen LogP contribution in [-0.2, 0) is 32.6 Å². The molecular weight excluding hydrogens is 857 g/mol. The van der Waals surface area contributed by atoms with E-state index in [1.165, 1.54) is 48.9 Å². The number of alkyl halides is 6. The van der Waals surface area contributed by atoms with Gasteiger partial charge in [0, 0.05) is 32.6 Å². The van der Waals surface area contributed by atoms with Gasteiger partial charge in [-0.25, -0.2) is 0 Å². The average molecular weight is 890 g/mol. The third-order valence-electron chi connectivity index (χ3n) is 9.60. The fraction of sp³-hybridized carbons (Fsp3) is 0.214. The molecule has 1 fully saturated rings. The Bertz CT molecular complexity index is 2710. The lowest BCUT2D eigenvalue weighted by Gasteiger charge is -2.26. The first-order valence-electron chi connectivity index (χ1n) is 18.3. The fourth-order valence-electron chi connectivity index (χ4n) is 6.51. The number of halogens is 6. The summed E-state index contributed by atoms with van der Waals surface area (Å²) < 4.78 is 147. The molecule has 5 aromatic carbocycles. The summed E-state index contributed by atoms with van der Waals surface area (Å²) in [5.41, 5.74) is -1.13. The van der Waals surface area contributed by atoms with Crippen molar-refractivity contribution >= 4 is 47.4 Å². The number of benzene rings is 5. The van der Waals surface area contributed by atoms with Crippen LogP contribution in [0.1, 0.15) is 46.3 Å². The number of ketones is 1. The van der Waals surface area contributed by atoms with Crippen LogP contribution in [-0.4, -0.2) is 53.8 Å². The highest BCUT2D eigenvalue weighted by Gasteiger charge is 2.32. The average Bonchev–Trinajstić information content (AvgIpc) is 3.59. The molecule has 0 amide bonds. The lowest BCUT2D eigenvalue weighted by Crippen LogP contribution is -2.33. The molecule has 0 aliphatic carbocycles. The second-order valence-corrected chi connectivity index (χ2v) is 17.9. The Hall–Kier alpha value is -5.43. The molecule has 1 aliphatic heterocycles. The number of carbonyl (C=O) groups excluding carboxylic acids is 1. The molecule has 0 radical (unpaired) electrons. The lowest BCUT2D eigenvalue weighted by molar-refractivity contribution is -0.138. The minimum Gasteiger partial charge on any atom is -0.492 e. The zero-order chi connectivity index (χ0) is 42.9. The molecule has 60 heavy (non-hydrogen) atoms. The van der Waals surface area contributed by atoms with Crippen LogP contribution in [0.3, 0.4) is 0 Å². The van der Waals surface area contributed by atoms with Crippen LogP contribution in [0.15, 0.2) is 125 Å². The monoisotopic (exact) mass is 889 g/mol. The summed E-state index contributed by atoms with van der Waals surface area (Å²) in [7, 11) is -9.12. The van der Waals surface area contributed by atoms with Crippen LogP contribution in [0.4, 0.5) is 26.3 Å². The summed E-state index contributed by atoms with van der Waals surface area (Å²) >= 11 is 1.09. The van der Waals surface area contributed by atoms with Gasteiger partial charge < -0.3 is 13.1 Å². The van der Waals surface area contributed by atoms with Gasteiger partial charge in [-0.05, 0) is 147 Å². The van der Waals surface area contributed by atoms with Crippen molar-refractivity contribution in [3.63, 3.8) is 0 Å². The molecule has 18 heteroatoms. The number of hydrogen-bond donors (Lipinski definition) is 0. The second kappa shape index (κ2) is 16.9. The Balaban J connectivity index is 1.17. The standard InChI is InChI=1S/C42H33F6NO8S3/c43-41(44,45)29-8-17-34(18-9-29)59(51,52)56-32-14-6-28(7-15-32)40-38(39(50)27-4-12-31(13-5-27)55-25-24-49-22-2-1-3-23-49)36-21-16-33(26-37(36)58-40)57-60(53,54)35-19-10-30(11-20-35)42(46,47)48/h4-21,26H,1-3,22-25H2. The molecule has 7 rings (SSSR count). The van der Waals surface area contributed by atoms with Gasteiger partial charge in [-0.2, -0.15) is 43.2 Å². The Morgan fingerprint density at radius 2 is 1.12 bits per heavy atom. The first-order valence-corrected chi connectivity index (χ1v) is 21.9. The molecule has 0 saturated carbocycles. The number of ether oxygens (including phenoxy) is 1. The highest BCUT2D eigenvalue weighted by Crippen LogP contribution is 2.42. The van der Waals surface area contributed by atoms with Gasteiger partial charge in [0.15, 0.2) is 5.78 Å². The molecule has 6 aromatic rings. The van der Waals surface area contributed by atoms with Crippen molar-refractivity contribution in [1.82, 2.24) is 4.90 Å². The van der Waals surface area contributed by atoms with Gasteiger partial charge in [0.25, 0.3) is 0 Å². The van der Waals surface area contributed by atoms with Crippen molar-refractivity contribution in [2.45, 2.75) is 41.4 Å². The van der Waals surface area contributed by atoms with E-state index in [-0.39, 0.29) is 17.1 Å². The van der Waals surface area contributed by atoms with Crippen LogP contribution in [0.5, 0.6) is 17.2 Å². The quantitative estimate of drug-likeness (QED) is 0.0635. The van der Waals surface area contributed by atoms with E-state index in [2.05, 4.69) is 4.90 Å². The van der Waals surface area contributed by atoms with E-state index < -0.39 is 59.3 Å². The van der Waals surface area contributed by atoms with Crippen molar-refractivity contribution in [3.8, 4) is 27.7 Å². The topological polar surface area (TPSA) is 116 Å². The maximum atomic E-state index is 14.3. The van der Waals surface area contributed by atoms with E-state index in [0.717, 1.165) is 68.1 Å². The van der Waals surface area contributed by atoms with E-state index in [9.17, 15) is 48.0 Å². The summed E-state index contributed by atoms with van der Waals surface area (Å²) in [4.78, 5) is 16.0. The molecule has 9 nitrogen and oxygen atoms in total. The van der Waals surface area contributed by atoms with E-state index in [4.69, 9.17) is 13.1 Å². The molecule has 0 spiro atoms. The van der Waals surface area contributed by atoms with Gasteiger partial charge in [0.2, 0.25) is 0 Å². The number of likely N-dealkylation sites (tertiary alicyclic amines) is 1. The Kier molecular flexibility index (Phi) is 12.0. The number of hydrogen-bond acceptors (Lipinski definition) is 10. The normalized spacial score (nSPS) is 14.2. The van der Waals surface area contributed by atoms with Crippen molar-refractivity contribution in [3.05, 3.63) is 138 Å². The second-order valence-electron chi connectivity index (χ2n) is 13.7. The SMILES string of the molecule is O=C(c1ccc(OCCN2CCCCC2)cc1)c1c(-c2ccc(OS(=O)(=O)c3ccc(C(F)(F)F)cc3)cc2)sc2cc(OS(=O)(=O)c3ccc(C(F)(F)F)cc3)ccc12. The van der Waals surface area contributed by atoms with Gasteiger partial charge >= 0.3 is 32.6 Å². The molecule has 0 atom stereocenters. The molecule has 0 bridgehead atoms. The third-order valence-corrected chi connectivity index (χ3v) is 13.3. The largest absolute Gasteiger partial charge is 0.492 e. The third kappa shape index (κ3) is 9.78. The maximum absolute atomic E-state index is 14.3. The predicted octanol–water partition coefficient (Wildman–Crippen LogP) is 10.2. The molecule has 0 N–H and O–H groups in total. The van der Waals surface area contributed by atoms with Crippen LogP contribution in [0.25, 0.3) is 20.5 Å². The van der Waals surface area contributed by atoms with Gasteiger partial charge in [-0.1, -0.05) is 6.42 Å². The maximum Gasteiger partial charge on any atom is 0.416 e. The van der Waals surface area contributed by atoms with Crippen LogP contribution in [0, 0.1) is 0 Å². The van der Waals surface area contributed by atoms with Crippen molar-refractivity contribution in [2.75, 3.05) is 26.2 Å². The molecule has 314 valence electrons. The van der Waals surface area contributed by atoms with Crippen LogP contribution >= 0.6 is 11.3 Å². The molecule has 1 saturated heterocycles. The number of carbonyl (C=O) groups is 1. The summed E-state index contributed by atoms with van der Waals surface area (Å²) in [5, 5.41) is 0.409. The van der Waals surface area contributed by atoms with Gasteiger partial charge in [0.1, 0.15) is 33.6 Å². The smallest absolute Gasteiger partial charge is 0.416 e. The highest BCUT2D eigenvalue weighted by molar-refractivity contribution is 7.87. The predicted molar refractivity (Wildman–Crippen MR) is 211 cm³/mol. The van der Waals surface area contributed by atoms with E-state index in [0.29, 0.717) is 62.7 Å². The number of fused-ring (bicyclic) bond motifs is 1. The number of piperidine rings is 1. The van der Waals surface area contributed by atoms with Crippen molar-refractivity contribution in [1.29, 1.82) is 0 Å². The van der Waals surface area contributed by atoms with Crippen LogP contribution in [0.2, 0.25) is 0 Å². The van der Waals surface area contributed by atoms with E-state index in [1.807, 2.05) is 0 Å². The summed E-state index contributed by atoms with van der Waals surface area (Å²) in [6.45, 7) is 3.28. The van der Waals surface area contributed by atoms with Crippen LogP contribution < -0.4 is 13.1 Å². The molecule has 0 unspecified atom stereocenters. The minimum atomic E-state index is -4.68. The molecular formula is C42H33F6NO8S3. The Labute approximate surface area is 345 Å². The van der Waals surface area contributed by atoms with Gasteiger partial charge in [0.05, 0.1) is 11.1 Å². The number of rotatable bonds is 13. The highest BCUT2D eigenvalue weighted by atomic mass is 32.2. The summed E-state index contributed by atoms with van der Waals surface area (Å²) in [5.74, 6) is -0.200. The van der Waals surface area contributed by atoms with E-state index in [1.54, 1.807) is 24.3 Å². The van der Waals surface area contributed by atoms with Gasteiger partial charge in [-0.3, -0.25) is 9.69 Å². The van der Waals surface area contributed by atoms with Crippen molar-refractivity contribution in [2.24, 2.45) is 0 Å². The zero-order valence-electron chi connectivity index (χ0n) is 31.1. The summed E-state index contributed by atoms with van der Waals surface area (Å²) in [6.07, 6.45) is -5.83. The lowest BCUT2D eigenvalue weighted by atomic mass is 9.97. The van der Waals surface area contributed by atoms with E-state index >= 15 is 0 Å². The first kappa shape index (κ1) is 42.7. The Morgan fingerprint density at radius 1 is 0.617 bits per heavy atom. The molecule has 1 aliphatic rings. The fourth-order valence-corrected chi connectivity index (χ4v) is 9.60. The molecule has 1 aromatic heterocycles. The number of thiophene rings is 1. The Morgan fingerprint density at radius 3 is 1.65 bits per heavy atom. The molecule has 2 heterocycles. The minimum absolute atomic E-state index is 0.173. The zero-order valence-corrected chi connectivity index (χ0v) is 33.6. The summed E-state index contributed by atoms with van der Waals surface area (Å²) in [6, 6.07) is 21.9. The first-order chi connectivity index (χ1) is 28.4. The van der Waals surface area contributed by atoms with Crippen molar-refractivity contribution < 1.29 is 61.1 Å².